The van der Waals surface area contributed by atoms with E-state index in [-0.39, 0.29) is 6.61 Å². The topological polar surface area (TPSA) is 110 Å². The second-order valence-electron chi connectivity index (χ2n) is 5.35. The summed E-state index contributed by atoms with van der Waals surface area (Å²) in [6, 6.07) is 8.51. The second-order valence-corrected chi connectivity index (χ2v) is 5.35. The van der Waals surface area contributed by atoms with Crippen molar-refractivity contribution in [2.24, 2.45) is 0 Å². The van der Waals surface area contributed by atoms with Gasteiger partial charge in [-0.25, -0.2) is 8.78 Å². The third-order valence-electron chi connectivity index (χ3n) is 3.94. The number of aliphatic hydroxyl groups excluding tert-OH is 4. The molecule has 0 aromatic heterocycles. The first-order valence-electron chi connectivity index (χ1n) is 6.66. The molecule has 8 heteroatoms. The van der Waals surface area contributed by atoms with Crippen molar-refractivity contribution >= 4 is 0 Å². The largest absolute Gasteiger partial charge is 0.393 e. The summed E-state index contributed by atoms with van der Waals surface area (Å²) in [5.74, 6) is -4.30. The molecule has 0 heterocycles. The number of halogens is 2. The van der Waals surface area contributed by atoms with Crippen LogP contribution >= 0.6 is 0 Å². The Bertz CT molecular complexity index is 499. The van der Waals surface area contributed by atoms with E-state index in [0.717, 1.165) is 0 Å². The minimum absolute atomic E-state index is 0.139. The fourth-order valence-corrected chi connectivity index (χ4v) is 2.46. The first-order chi connectivity index (χ1) is 10.3. The zero-order chi connectivity index (χ0) is 16.5. The van der Waals surface area contributed by atoms with Gasteiger partial charge in [0.15, 0.2) is 5.60 Å². The lowest BCUT2D eigenvalue weighted by Crippen LogP contribution is -2.76. The Hall–Kier alpha value is -1.16. The highest BCUT2D eigenvalue weighted by atomic mass is 19.3. The molecule has 5 atom stereocenters. The fraction of sp³-hybridized carbons (Fsp3) is 0.571. The molecule has 0 saturated heterocycles. The van der Waals surface area contributed by atoms with Crippen LogP contribution in [-0.2, 0) is 11.3 Å². The molecule has 0 unspecified atom stereocenters. The molecular formula is C14H18F2O6. The Morgan fingerprint density at radius 1 is 1.05 bits per heavy atom. The molecule has 1 aliphatic rings. The zero-order valence-electron chi connectivity index (χ0n) is 11.5. The molecule has 5 N–H and O–H groups in total. The van der Waals surface area contributed by atoms with Crippen LogP contribution in [-0.4, -0.2) is 68.1 Å². The van der Waals surface area contributed by atoms with Gasteiger partial charge in [0.05, 0.1) is 13.2 Å². The van der Waals surface area contributed by atoms with E-state index >= 15 is 0 Å². The summed E-state index contributed by atoms with van der Waals surface area (Å²) in [6.45, 7) is -1.64. The van der Waals surface area contributed by atoms with Gasteiger partial charge in [0, 0.05) is 0 Å². The molecule has 0 bridgehead atoms. The van der Waals surface area contributed by atoms with E-state index in [1.807, 2.05) is 0 Å². The minimum Gasteiger partial charge on any atom is -0.393 e. The van der Waals surface area contributed by atoms with Crippen molar-refractivity contribution in [1.29, 1.82) is 0 Å². The van der Waals surface area contributed by atoms with Crippen LogP contribution in [0.3, 0.4) is 0 Å². The number of alkyl halides is 2. The van der Waals surface area contributed by atoms with Crippen molar-refractivity contribution in [3.63, 3.8) is 0 Å². The van der Waals surface area contributed by atoms with E-state index in [1.54, 1.807) is 30.3 Å². The average molecular weight is 320 g/mol. The van der Waals surface area contributed by atoms with Gasteiger partial charge in [0.1, 0.15) is 24.4 Å². The molecule has 0 amide bonds. The number of hydrogen-bond acceptors (Lipinski definition) is 6. The molecule has 1 saturated carbocycles. The monoisotopic (exact) mass is 320 g/mol. The Morgan fingerprint density at radius 3 is 2.18 bits per heavy atom. The SMILES string of the molecule is OC[C@]1(O)[C@@H](O)[C@H](OCc2ccccc2)[C@@H](O)[C@@H](O)C1(F)F. The Morgan fingerprint density at radius 2 is 1.64 bits per heavy atom. The molecule has 1 aromatic rings. The molecule has 6 nitrogen and oxygen atoms in total. The van der Waals surface area contributed by atoms with Gasteiger partial charge in [-0.2, -0.15) is 0 Å². The molecule has 0 spiro atoms. The molecule has 1 aliphatic carbocycles. The third kappa shape index (κ3) is 2.62. The highest BCUT2D eigenvalue weighted by Gasteiger charge is 2.70. The summed E-state index contributed by atoms with van der Waals surface area (Å²) >= 11 is 0. The van der Waals surface area contributed by atoms with Crippen LogP contribution in [0.1, 0.15) is 5.56 Å². The lowest BCUT2D eigenvalue weighted by atomic mass is 9.74. The van der Waals surface area contributed by atoms with Gasteiger partial charge in [-0.3, -0.25) is 0 Å². The number of rotatable bonds is 4. The maximum absolute atomic E-state index is 13.8. The summed E-state index contributed by atoms with van der Waals surface area (Å²) in [5.41, 5.74) is -2.67. The van der Waals surface area contributed by atoms with Crippen LogP contribution in [0.15, 0.2) is 30.3 Å². The van der Waals surface area contributed by atoms with E-state index in [4.69, 9.17) is 9.84 Å². The molecule has 2 rings (SSSR count). The van der Waals surface area contributed by atoms with Crippen molar-refractivity contribution in [3.8, 4) is 0 Å². The van der Waals surface area contributed by atoms with Gasteiger partial charge < -0.3 is 30.3 Å². The van der Waals surface area contributed by atoms with E-state index in [2.05, 4.69) is 0 Å². The van der Waals surface area contributed by atoms with Gasteiger partial charge in [0.2, 0.25) is 0 Å². The fourth-order valence-electron chi connectivity index (χ4n) is 2.46. The normalized spacial score (nSPS) is 38.0. The van der Waals surface area contributed by atoms with Crippen LogP contribution < -0.4 is 0 Å². The van der Waals surface area contributed by atoms with Crippen LogP contribution in [0.5, 0.6) is 0 Å². The lowest BCUT2D eigenvalue weighted by molar-refractivity contribution is -0.343. The maximum atomic E-state index is 13.8. The van der Waals surface area contributed by atoms with Crippen LogP contribution in [0.4, 0.5) is 8.78 Å². The third-order valence-corrected chi connectivity index (χ3v) is 3.94. The van der Waals surface area contributed by atoms with Crippen molar-refractivity contribution in [2.45, 2.75) is 42.5 Å². The highest BCUT2D eigenvalue weighted by molar-refractivity contribution is 5.15. The molecular weight excluding hydrogens is 302 g/mol. The summed E-state index contributed by atoms with van der Waals surface area (Å²) in [4.78, 5) is 0. The minimum atomic E-state index is -4.30. The molecule has 1 fully saturated rings. The lowest BCUT2D eigenvalue weighted by Gasteiger charge is -2.49. The molecule has 22 heavy (non-hydrogen) atoms. The van der Waals surface area contributed by atoms with Crippen LogP contribution in [0, 0.1) is 0 Å². The van der Waals surface area contributed by atoms with Crippen molar-refractivity contribution < 1.29 is 39.1 Å². The van der Waals surface area contributed by atoms with E-state index in [0.29, 0.717) is 5.56 Å². The van der Waals surface area contributed by atoms with Crippen molar-refractivity contribution in [3.05, 3.63) is 35.9 Å². The van der Waals surface area contributed by atoms with Crippen LogP contribution in [0.2, 0.25) is 0 Å². The van der Waals surface area contributed by atoms with E-state index in [9.17, 15) is 29.2 Å². The number of benzene rings is 1. The summed E-state index contributed by atoms with van der Waals surface area (Å²) in [5, 5.41) is 48.0. The summed E-state index contributed by atoms with van der Waals surface area (Å²) in [6.07, 6.45) is -8.78. The Labute approximate surface area is 125 Å². The molecule has 1 aromatic carbocycles. The van der Waals surface area contributed by atoms with Gasteiger partial charge in [-0.15, -0.1) is 0 Å². The second kappa shape index (κ2) is 6.15. The number of ether oxygens (including phenoxy) is 1. The average Bonchev–Trinajstić information content (AvgIpc) is 2.52. The van der Waals surface area contributed by atoms with Crippen molar-refractivity contribution in [2.75, 3.05) is 6.61 Å². The summed E-state index contributed by atoms with van der Waals surface area (Å²) < 4.78 is 32.9. The van der Waals surface area contributed by atoms with Crippen molar-refractivity contribution in [1.82, 2.24) is 0 Å². The Kier molecular flexibility index (Phi) is 4.81. The standard InChI is InChI=1S/C14H18F2O6/c15-14(16)11(19)9(18)10(12(20)13(14,21)7-17)22-6-8-4-2-1-3-5-8/h1-5,9-12,17-21H,6-7H2/t9-,10-,11-,12+,13+/m1/s1. The molecule has 124 valence electrons. The predicted octanol–water partition coefficient (Wildman–Crippen LogP) is -0.973. The molecule has 0 aliphatic heterocycles. The first-order valence-corrected chi connectivity index (χ1v) is 6.66. The van der Waals surface area contributed by atoms with E-state index in [1.165, 1.54) is 0 Å². The maximum Gasteiger partial charge on any atom is 0.308 e. The van der Waals surface area contributed by atoms with Gasteiger partial charge in [-0.05, 0) is 5.56 Å². The quantitative estimate of drug-likeness (QED) is 0.488. The van der Waals surface area contributed by atoms with Crippen LogP contribution in [0.25, 0.3) is 0 Å². The first kappa shape index (κ1) is 17.2. The van der Waals surface area contributed by atoms with Gasteiger partial charge >= 0.3 is 5.92 Å². The summed E-state index contributed by atoms with van der Waals surface area (Å²) in [7, 11) is 0. The number of aliphatic hydroxyl groups is 5. The number of hydrogen-bond donors (Lipinski definition) is 5. The smallest absolute Gasteiger partial charge is 0.308 e. The Balaban J connectivity index is 2.20. The van der Waals surface area contributed by atoms with Gasteiger partial charge in [0.25, 0.3) is 0 Å². The molecule has 0 radical (unpaired) electrons. The highest BCUT2D eigenvalue weighted by Crippen LogP contribution is 2.43. The van der Waals surface area contributed by atoms with E-state index < -0.39 is 42.5 Å². The van der Waals surface area contributed by atoms with Gasteiger partial charge in [-0.1, -0.05) is 30.3 Å². The zero-order valence-corrected chi connectivity index (χ0v) is 11.5. The predicted molar refractivity (Wildman–Crippen MR) is 70.0 cm³/mol.